The zero-order valence-electron chi connectivity index (χ0n) is 60.0. The van der Waals surface area contributed by atoms with Crippen LogP contribution >= 0.6 is 0 Å². The summed E-state index contributed by atoms with van der Waals surface area (Å²) in [5.41, 5.74) is 11.1. The van der Waals surface area contributed by atoms with Crippen LogP contribution in [0.3, 0.4) is 0 Å². The molecule has 0 saturated carbocycles. The van der Waals surface area contributed by atoms with Gasteiger partial charge in [-0.15, -0.1) is 0 Å². The van der Waals surface area contributed by atoms with E-state index in [0.29, 0.717) is 82.1 Å². The van der Waals surface area contributed by atoms with Gasteiger partial charge >= 0.3 is 12.2 Å². The number of aromatic hydroxyl groups is 2. The van der Waals surface area contributed by atoms with E-state index in [0.717, 1.165) is 56.0 Å². The van der Waals surface area contributed by atoms with Crippen LogP contribution in [0.5, 0.6) is 46.0 Å². The first kappa shape index (κ1) is 74.6. The Hall–Kier alpha value is -7.06. The largest absolute Gasteiger partial charge is 0.507 e. The molecule has 0 spiro atoms. The maximum Gasteiger partial charge on any atom is 0.408 e. The van der Waals surface area contributed by atoms with Gasteiger partial charge in [0.2, 0.25) is 25.4 Å². The molecule has 8 aliphatic rings. The molecule has 12 atom stereocenters. The summed E-state index contributed by atoms with van der Waals surface area (Å²) in [6, 6.07) is 4.18. The van der Waals surface area contributed by atoms with Crippen LogP contribution < -0.4 is 49.7 Å². The summed E-state index contributed by atoms with van der Waals surface area (Å²) in [4.78, 5) is 60.8. The number of aryl methyl sites for hydroxylation is 2. The minimum Gasteiger partial charge on any atom is -0.507 e. The SMILES string of the molecule is COCOc1c(C)c(C)cc2c1[C@@H]1C3Cc4c(O)c(C)c5c(c4[C@H](CNC(=O)[C@H](C)NC(=O)OC(C)(C)C)N3[C@@H](C#N)[C@H](C2)N1C)OCO5.COCOc1c(C)c(C)cc2c1[C@@H]1C3Cc4c(O)c(C)c5c(c4[C@H](CNC(=O)[C@H](C)NC(=O)OC(C)(C)C)N3[C@@H](C#N)[C@H](C2)N1C)OCO5.[Ac]. The summed E-state index contributed by atoms with van der Waals surface area (Å²) in [5, 5.41) is 56.4. The van der Waals surface area contributed by atoms with Crippen molar-refractivity contribution in [3.63, 3.8) is 0 Å². The Morgan fingerprint density at radius 3 is 1.25 bits per heavy atom. The van der Waals surface area contributed by atoms with Gasteiger partial charge in [0.15, 0.2) is 36.6 Å². The minimum absolute atomic E-state index is 0. The molecule has 8 aliphatic heterocycles. The fourth-order valence-electron chi connectivity index (χ4n) is 16.2. The summed E-state index contributed by atoms with van der Waals surface area (Å²) >= 11 is 0. The molecule has 99 heavy (non-hydrogen) atoms. The van der Waals surface area contributed by atoms with Gasteiger partial charge < -0.3 is 78.8 Å². The molecular weight excluding hydrogens is 1490 g/mol. The number of likely N-dealkylation sites (N-methyl/N-ethyl adjacent to an activating group) is 2. The maximum atomic E-state index is 13.5. The summed E-state index contributed by atoms with van der Waals surface area (Å²) in [6.45, 7) is 25.8. The van der Waals surface area contributed by atoms with Crippen molar-refractivity contribution < 1.29 is 121 Å². The number of benzene rings is 4. The molecule has 27 heteroatoms. The average Bonchev–Trinajstić information content (AvgIpc) is 1.25. The van der Waals surface area contributed by atoms with Gasteiger partial charge in [-0.05, 0) is 170 Å². The van der Waals surface area contributed by atoms with Gasteiger partial charge in [0, 0.05) is 140 Å². The Morgan fingerprint density at radius 1 is 0.566 bits per heavy atom. The van der Waals surface area contributed by atoms with E-state index < -0.39 is 71.5 Å². The Kier molecular flexibility index (Phi) is 22.0. The van der Waals surface area contributed by atoms with Crippen LogP contribution in [0.4, 0.5) is 9.59 Å². The Bertz CT molecular complexity index is 3690. The van der Waals surface area contributed by atoms with Gasteiger partial charge in [-0.25, -0.2) is 9.59 Å². The standard InChI is InChI=1S/2C36H47N5O8.Ac/c2*1-17-10-21-11-23-25(13-37)41-24(29(40(23)8)27(21)31(18(17)2)46-15-45-9)12-22-28(33-32(47-16-48-33)19(3)30(22)42)26(41)14-38-34(43)20(4)39-35(44)49-36(5,6)7;/h2*10,20,23-26,29,42H,11-12,14-16H2,1-9H3,(H,38,43)(H,39,44);/t2*20-,23-,24?,25-,26-,29-;/m00./s1. The van der Waals surface area contributed by atoms with Crippen molar-refractivity contribution in [1.29, 1.82) is 10.5 Å². The van der Waals surface area contributed by atoms with Crippen LogP contribution in [-0.2, 0) is 54.2 Å². The normalized spacial score (nSPS) is 24.3. The maximum absolute atomic E-state index is 13.5. The van der Waals surface area contributed by atoms with E-state index in [2.05, 4.69) is 93.1 Å². The second-order valence-electron chi connectivity index (χ2n) is 29.0. The molecule has 26 nitrogen and oxygen atoms in total. The number of hydrogen-bond donors (Lipinski definition) is 6. The van der Waals surface area contributed by atoms with Crippen LogP contribution in [0.2, 0.25) is 0 Å². The van der Waals surface area contributed by atoms with Crippen molar-refractivity contribution in [3.8, 4) is 58.1 Å². The predicted octanol–water partition coefficient (Wildman–Crippen LogP) is 7.66. The summed E-state index contributed by atoms with van der Waals surface area (Å²) < 4.78 is 57.7. The zero-order chi connectivity index (χ0) is 71.0. The minimum atomic E-state index is -0.900. The number of ether oxygens (including phenoxy) is 10. The van der Waals surface area contributed by atoms with E-state index in [1.54, 1.807) is 83.5 Å². The summed E-state index contributed by atoms with van der Waals surface area (Å²) in [6.07, 6.45) is 0.663. The first-order valence-corrected chi connectivity index (χ1v) is 33.5. The topological polar surface area (TPSA) is 310 Å². The average molecular weight is 1580 g/mol. The molecule has 8 heterocycles. The zero-order valence-corrected chi connectivity index (χ0v) is 64.8. The number of rotatable bonds is 14. The number of amides is 4. The third kappa shape index (κ3) is 13.7. The molecule has 2 unspecified atom stereocenters. The van der Waals surface area contributed by atoms with Crippen molar-refractivity contribution >= 4 is 24.0 Å². The molecule has 4 amide bonds. The third-order valence-corrected chi connectivity index (χ3v) is 20.7. The van der Waals surface area contributed by atoms with Crippen molar-refractivity contribution in [2.75, 3.05) is 68.6 Å². The van der Waals surface area contributed by atoms with E-state index in [-0.39, 0.29) is 132 Å². The Balaban J connectivity index is 0.000000212. The van der Waals surface area contributed by atoms with Crippen molar-refractivity contribution in [1.82, 2.24) is 40.9 Å². The van der Waals surface area contributed by atoms with Gasteiger partial charge in [0.05, 0.1) is 36.3 Å². The number of methoxy groups -OCH3 is 2. The number of hydrogen-bond acceptors (Lipinski definition) is 22. The van der Waals surface area contributed by atoms with Crippen molar-refractivity contribution in [3.05, 3.63) is 90.0 Å². The Labute approximate surface area is 615 Å². The summed E-state index contributed by atoms with van der Waals surface area (Å²) in [5.74, 6) is 2.86. The van der Waals surface area contributed by atoms with E-state index in [1.807, 2.05) is 13.8 Å². The smallest absolute Gasteiger partial charge is 0.408 e. The fourth-order valence-corrected chi connectivity index (χ4v) is 16.2. The fraction of sp³-hybridized carbons (Fsp3) is 0.583. The number of phenolic OH excluding ortho intramolecular Hbond substituents is 2. The van der Waals surface area contributed by atoms with Gasteiger partial charge in [-0.2, -0.15) is 10.5 Å². The predicted molar refractivity (Wildman–Crippen MR) is 357 cm³/mol. The Morgan fingerprint density at radius 2 is 0.919 bits per heavy atom. The molecular formula is C72H94AcN10O16. The van der Waals surface area contributed by atoms with Gasteiger partial charge in [0.1, 0.15) is 58.4 Å². The number of nitriles is 2. The van der Waals surface area contributed by atoms with Crippen LogP contribution in [0, 0.1) is 108 Å². The monoisotopic (exact) mass is 1580 g/mol. The number of alkyl carbamates (subject to hydrolysis) is 2. The third-order valence-electron chi connectivity index (χ3n) is 20.7. The number of nitrogens with one attached hydrogen (secondary N) is 4. The molecule has 6 N–H and O–H groups in total. The molecule has 12 rings (SSSR count). The molecule has 531 valence electrons. The molecule has 4 aromatic carbocycles. The number of carbonyl (C=O) groups is 4. The van der Waals surface area contributed by atoms with Crippen LogP contribution in [0.1, 0.15) is 157 Å². The number of nitrogens with zero attached hydrogens (tertiary/aromatic N) is 6. The second kappa shape index (κ2) is 29.1. The van der Waals surface area contributed by atoms with Crippen molar-refractivity contribution in [2.45, 2.75) is 206 Å². The van der Waals surface area contributed by atoms with Gasteiger partial charge in [0.25, 0.3) is 0 Å². The van der Waals surface area contributed by atoms with Crippen molar-refractivity contribution in [2.24, 2.45) is 0 Å². The number of piperazine rings is 2. The number of carbonyl (C=O) groups excluding carboxylic acids is 4. The number of phenols is 2. The van der Waals surface area contributed by atoms with E-state index in [4.69, 9.17) is 47.4 Å². The first-order valence-electron chi connectivity index (χ1n) is 33.5. The quantitative estimate of drug-likeness (QED) is 0.0660. The van der Waals surface area contributed by atoms with Crippen LogP contribution in [-0.4, -0.2) is 182 Å². The second-order valence-corrected chi connectivity index (χ2v) is 29.0. The number of fused-ring (bicyclic) bond motifs is 18. The molecule has 1 radical (unpaired) electrons. The van der Waals surface area contributed by atoms with E-state index >= 15 is 0 Å². The molecule has 0 aromatic heterocycles. The summed E-state index contributed by atoms with van der Waals surface area (Å²) in [7, 11) is 7.29. The van der Waals surface area contributed by atoms with Gasteiger partial charge in [-0.3, -0.25) is 29.2 Å². The molecule has 4 bridgehead atoms. The molecule has 2 saturated heterocycles. The van der Waals surface area contributed by atoms with Crippen LogP contribution in [0.15, 0.2) is 12.1 Å². The molecule has 4 aromatic rings. The first-order chi connectivity index (χ1) is 46.4. The van der Waals surface area contributed by atoms with Gasteiger partial charge in [-0.1, -0.05) is 12.1 Å². The van der Waals surface area contributed by atoms with E-state index in [1.165, 1.54) is 0 Å². The molecule has 2 fully saturated rings. The van der Waals surface area contributed by atoms with E-state index in [9.17, 15) is 39.9 Å². The molecule has 0 aliphatic carbocycles. The van der Waals surface area contributed by atoms with Crippen LogP contribution in [0.25, 0.3) is 0 Å².